The van der Waals surface area contributed by atoms with E-state index in [1.54, 1.807) is 32.2 Å². The summed E-state index contributed by atoms with van der Waals surface area (Å²) in [5.74, 6) is 0. The number of anilines is 1. The lowest BCUT2D eigenvalue weighted by atomic mass is 10.2. The first kappa shape index (κ1) is 15.0. The summed E-state index contributed by atoms with van der Waals surface area (Å²) >= 11 is 0. The average Bonchev–Trinajstić information content (AvgIpc) is 2.31. The summed E-state index contributed by atoms with van der Waals surface area (Å²) in [6.07, 6.45) is 1.80. The van der Waals surface area contributed by atoms with Crippen LogP contribution in [-0.2, 0) is 10.0 Å². The highest BCUT2D eigenvalue weighted by Gasteiger charge is 2.26. The lowest BCUT2D eigenvalue weighted by Crippen LogP contribution is -2.35. The Labute approximate surface area is 110 Å². The minimum atomic E-state index is -3.46. The Kier molecular flexibility index (Phi) is 4.76. The number of nitrogen functional groups attached to an aromatic ring is 1. The van der Waals surface area contributed by atoms with Gasteiger partial charge in [0, 0.05) is 18.8 Å². The molecule has 0 bridgehead atoms. The minimum Gasteiger partial charge on any atom is -0.398 e. The van der Waals surface area contributed by atoms with E-state index in [1.807, 2.05) is 13.8 Å². The van der Waals surface area contributed by atoms with Crippen LogP contribution in [0.5, 0.6) is 0 Å². The third kappa shape index (κ3) is 2.84. The van der Waals surface area contributed by atoms with Crippen molar-refractivity contribution < 1.29 is 8.42 Å². The predicted octanol–water partition coefficient (Wildman–Crippen LogP) is 2.39. The molecule has 102 valence electrons. The van der Waals surface area contributed by atoms with Crippen LogP contribution in [0.3, 0.4) is 0 Å². The fourth-order valence-corrected chi connectivity index (χ4v) is 3.55. The molecule has 0 aromatic heterocycles. The quantitative estimate of drug-likeness (QED) is 0.836. The molecule has 0 saturated heterocycles. The average molecular weight is 270 g/mol. The zero-order valence-corrected chi connectivity index (χ0v) is 12.3. The molecule has 2 N–H and O–H groups in total. The number of hydrogen-bond donors (Lipinski definition) is 1. The molecule has 5 heteroatoms. The van der Waals surface area contributed by atoms with Gasteiger partial charge in [0.15, 0.2) is 0 Å². The van der Waals surface area contributed by atoms with Crippen molar-refractivity contribution in [3.8, 4) is 0 Å². The summed E-state index contributed by atoms with van der Waals surface area (Å²) in [6, 6.07) is 4.98. The number of benzene rings is 1. The number of hydrogen-bond acceptors (Lipinski definition) is 3. The molecule has 18 heavy (non-hydrogen) atoms. The number of nitrogens with two attached hydrogens (primary N) is 1. The largest absolute Gasteiger partial charge is 0.398 e. The summed E-state index contributed by atoms with van der Waals surface area (Å²) in [4.78, 5) is 0.299. The highest BCUT2D eigenvalue weighted by Crippen LogP contribution is 2.24. The normalized spacial score (nSPS) is 13.8. The minimum absolute atomic E-state index is 0.0131. The van der Waals surface area contributed by atoms with Crippen LogP contribution in [0.4, 0.5) is 5.69 Å². The summed E-state index contributed by atoms with van der Waals surface area (Å²) in [5.41, 5.74) is 6.89. The van der Waals surface area contributed by atoms with Crippen LogP contribution in [0.25, 0.3) is 0 Å². The van der Waals surface area contributed by atoms with Gasteiger partial charge < -0.3 is 5.73 Å². The molecule has 1 rings (SSSR count). The van der Waals surface area contributed by atoms with Crippen LogP contribution < -0.4 is 5.73 Å². The Morgan fingerprint density at radius 3 is 2.56 bits per heavy atom. The van der Waals surface area contributed by atoms with Crippen molar-refractivity contribution in [1.82, 2.24) is 4.31 Å². The monoisotopic (exact) mass is 270 g/mol. The fourth-order valence-electron chi connectivity index (χ4n) is 1.90. The van der Waals surface area contributed by atoms with E-state index in [-0.39, 0.29) is 6.04 Å². The standard InChI is InChI=1S/C13H22N2O2S/c1-5-7-10(2)15(4)18(16,17)13-9-6-8-12(14)11(13)3/h6,8-10H,5,7,14H2,1-4H3. The van der Waals surface area contributed by atoms with Crippen molar-refractivity contribution in [1.29, 1.82) is 0 Å². The second kappa shape index (κ2) is 5.71. The van der Waals surface area contributed by atoms with Gasteiger partial charge in [0.2, 0.25) is 10.0 Å². The first-order valence-corrected chi connectivity index (χ1v) is 7.59. The molecule has 0 saturated carbocycles. The molecule has 0 amide bonds. The Morgan fingerprint density at radius 1 is 1.39 bits per heavy atom. The molecule has 1 atom stereocenters. The first-order chi connectivity index (χ1) is 8.32. The van der Waals surface area contributed by atoms with Crippen LogP contribution in [0.2, 0.25) is 0 Å². The maximum atomic E-state index is 12.5. The molecule has 0 radical (unpaired) electrons. The lowest BCUT2D eigenvalue weighted by Gasteiger charge is -2.25. The van der Waals surface area contributed by atoms with E-state index in [0.717, 1.165) is 12.8 Å². The van der Waals surface area contributed by atoms with Crippen LogP contribution in [0, 0.1) is 6.92 Å². The summed E-state index contributed by atoms with van der Waals surface area (Å²) in [5, 5.41) is 0. The van der Waals surface area contributed by atoms with E-state index in [9.17, 15) is 8.42 Å². The molecule has 4 nitrogen and oxygen atoms in total. The van der Waals surface area contributed by atoms with Gasteiger partial charge in [-0.25, -0.2) is 8.42 Å². The van der Waals surface area contributed by atoms with Crippen molar-refractivity contribution in [3.63, 3.8) is 0 Å². The zero-order valence-electron chi connectivity index (χ0n) is 11.5. The van der Waals surface area contributed by atoms with Gasteiger partial charge in [-0.1, -0.05) is 19.4 Å². The number of rotatable bonds is 5. The Bertz CT molecular complexity index is 512. The molecule has 0 spiro atoms. The third-order valence-corrected chi connectivity index (χ3v) is 5.43. The molecule has 0 aliphatic heterocycles. The van der Waals surface area contributed by atoms with E-state index in [1.165, 1.54) is 4.31 Å². The van der Waals surface area contributed by atoms with Gasteiger partial charge in [-0.15, -0.1) is 0 Å². The van der Waals surface area contributed by atoms with Crippen LogP contribution >= 0.6 is 0 Å². The van der Waals surface area contributed by atoms with E-state index in [0.29, 0.717) is 16.1 Å². The molecule has 1 aromatic carbocycles. The van der Waals surface area contributed by atoms with Crippen molar-refractivity contribution in [2.75, 3.05) is 12.8 Å². The van der Waals surface area contributed by atoms with E-state index < -0.39 is 10.0 Å². The molecule has 0 heterocycles. The number of sulfonamides is 1. The Morgan fingerprint density at radius 2 is 2.00 bits per heavy atom. The van der Waals surface area contributed by atoms with Crippen molar-refractivity contribution >= 4 is 15.7 Å². The first-order valence-electron chi connectivity index (χ1n) is 6.15. The van der Waals surface area contributed by atoms with Crippen LogP contribution in [0.1, 0.15) is 32.3 Å². The van der Waals surface area contributed by atoms with Gasteiger partial charge in [-0.05, 0) is 38.0 Å². The van der Waals surface area contributed by atoms with E-state index in [4.69, 9.17) is 5.73 Å². The molecular weight excluding hydrogens is 248 g/mol. The maximum Gasteiger partial charge on any atom is 0.243 e. The summed E-state index contributed by atoms with van der Waals surface area (Å²) in [6.45, 7) is 5.70. The Balaban J connectivity index is 3.17. The highest BCUT2D eigenvalue weighted by atomic mass is 32.2. The zero-order chi connectivity index (χ0) is 13.9. The van der Waals surface area contributed by atoms with Gasteiger partial charge in [0.25, 0.3) is 0 Å². The van der Waals surface area contributed by atoms with Gasteiger partial charge in [-0.2, -0.15) is 4.31 Å². The second-order valence-electron chi connectivity index (χ2n) is 4.63. The van der Waals surface area contributed by atoms with Crippen molar-refractivity contribution in [2.24, 2.45) is 0 Å². The molecule has 0 fully saturated rings. The molecule has 1 aromatic rings. The van der Waals surface area contributed by atoms with Crippen molar-refractivity contribution in [3.05, 3.63) is 23.8 Å². The fraction of sp³-hybridized carbons (Fsp3) is 0.538. The number of nitrogens with zero attached hydrogens (tertiary/aromatic N) is 1. The molecular formula is C13H22N2O2S. The van der Waals surface area contributed by atoms with Crippen LogP contribution in [-0.4, -0.2) is 25.8 Å². The smallest absolute Gasteiger partial charge is 0.243 e. The predicted molar refractivity (Wildman–Crippen MR) is 74.9 cm³/mol. The van der Waals surface area contributed by atoms with Gasteiger partial charge in [0.05, 0.1) is 4.90 Å². The topological polar surface area (TPSA) is 63.4 Å². The maximum absolute atomic E-state index is 12.5. The molecule has 0 aliphatic rings. The third-order valence-electron chi connectivity index (χ3n) is 3.31. The summed E-state index contributed by atoms with van der Waals surface area (Å²) < 4.78 is 26.4. The Hall–Kier alpha value is -1.07. The second-order valence-corrected chi connectivity index (χ2v) is 6.60. The lowest BCUT2D eigenvalue weighted by molar-refractivity contribution is 0.368. The van der Waals surface area contributed by atoms with Gasteiger partial charge >= 0.3 is 0 Å². The summed E-state index contributed by atoms with van der Waals surface area (Å²) in [7, 11) is -1.84. The van der Waals surface area contributed by atoms with Crippen LogP contribution in [0.15, 0.2) is 23.1 Å². The molecule has 1 unspecified atom stereocenters. The van der Waals surface area contributed by atoms with E-state index >= 15 is 0 Å². The van der Waals surface area contributed by atoms with Gasteiger partial charge in [-0.3, -0.25) is 0 Å². The molecule has 0 aliphatic carbocycles. The van der Waals surface area contributed by atoms with Crippen molar-refractivity contribution in [2.45, 2.75) is 44.6 Å². The van der Waals surface area contributed by atoms with Gasteiger partial charge in [0.1, 0.15) is 0 Å². The SMILES string of the molecule is CCCC(C)N(C)S(=O)(=O)c1cccc(N)c1C. The highest BCUT2D eigenvalue weighted by molar-refractivity contribution is 7.89. The van der Waals surface area contributed by atoms with E-state index in [2.05, 4.69) is 0 Å².